The monoisotopic (exact) mass is 480 g/mol. The molecule has 0 saturated carbocycles. The number of nitrogen functional groups attached to an aromatic ring is 1. The number of amides is 2. The number of ether oxygens (including phenoxy) is 3. The molecule has 1 unspecified atom stereocenters. The first-order chi connectivity index (χ1) is 16.9. The van der Waals surface area contributed by atoms with Crippen LogP contribution in [0.4, 0.5) is 16.6 Å². The number of benzene rings is 2. The van der Waals surface area contributed by atoms with Crippen molar-refractivity contribution < 1.29 is 23.8 Å². The summed E-state index contributed by atoms with van der Waals surface area (Å²) < 4.78 is 16.1. The molecule has 1 aliphatic heterocycles. The number of carbonyl (C=O) groups excluding carboxylic acids is 2. The molecule has 11 nitrogen and oxygen atoms in total. The molecular weight excluding hydrogens is 452 g/mol. The van der Waals surface area contributed by atoms with Crippen molar-refractivity contribution in [3.63, 3.8) is 0 Å². The van der Waals surface area contributed by atoms with Gasteiger partial charge in [0.05, 0.1) is 26.3 Å². The standard InChI is InChI=1S/C24H28N6O5/c1-15(31)29-9-10-30(21(13-29)27-24(32)35-14-16-7-5-4-6-8-16)23-26-18-12-20(34-3)19(33-2)11-17(18)22(25)28-23/h4-8,11-12,21H,9-10,13-14H2,1-3H3,(H,27,32)(H2,25,26,28). The van der Waals surface area contributed by atoms with Crippen LogP contribution in [0.25, 0.3) is 10.9 Å². The largest absolute Gasteiger partial charge is 0.493 e. The molecule has 0 aliphatic carbocycles. The van der Waals surface area contributed by atoms with E-state index in [1.165, 1.54) is 21.1 Å². The lowest BCUT2D eigenvalue weighted by Gasteiger charge is -2.41. The minimum Gasteiger partial charge on any atom is -0.493 e. The SMILES string of the molecule is COc1cc2nc(N3CCN(C(C)=O)CC3NC(=O)OCc3ccccc3)nc(N)c2cc1OC. The topological polar surface area (TPSA) is 132 Å². The minimum atomic E-state index is -0.618. The highest BCUT2D eigenvalue weighted by atomic mass is 16.5. The van der Waals surface area contributed by atoms with Crippen LogP contribution in [0.2, 0.25) is 0 Å². The van der Waals surface area contributed by atoms with E-state index in [9.17, 15) is 9.59 Å². The highest BCUT2D eigenvalue weighted by Gasteiger charge is 2.32. The van der Waals surface area contributed by atoms with Gasteiger partial charge in [0.25, 0.3) is 0 Å². The molecule has 0 spiro atoms. The van der Waals surface area contributed by atoms with Crippen LogP contribution >= 0.6 is 0 Å². The summed E-state index contributed by atoms with van der Waals surface area (Å²) in [4.78, 5) is 37.2. The number of hydrogen-bond donors (Lipinski definition) is 2. The number of methoxy groups -OCH3 is 2. The summed E-state index contributed by atoms with van der Waals surface area (Å²) in [5, 5.41) is 3.45. The normalized spacial score (nSPS) is 15.6. The first kappa shape index (κ1) is 23.9. The molecule has 2 amide bonds. The molecule has 4 rings (SSSR count). The van der Waals surface area contributed by atoms with Gasteiger partial charge in [-0.05, 0) is 11.6 Å². The fraction of sp³-hybridized carbons (Fsp3) is 0.333. The van der Waals surface area contributed by atoms with Crippen LogP contribution in [-0.4, -0.2) is 66.9 Å². The first-order valence-corrected chi connectivity index (χ1v) is 11.1. The molecule has 11 heteroatoms. The second kappa shape index (κ2) is 10.3. The summed E-state index contributed by atoms with van der Waals surface area (Å²) in [5.74, 6) is 1.50. The van der Waals surface area contributed by atoms with Crippen LogP contribution in [0, 0.1) is 0 Å². The van der Waals surface area contributed by atoms with Crippen LogP contribution in [0.5, 0.6) is 11.5 Å². The number of nitrogens with zero attached hydrogens (tertiary/aromatic N) is 4. The third-order valence-corrected chi connectivity index (χ3v) is 5.80. The molecule has 0 bridgehead atoms. The molecule has 1 saturated heterocycles. The van der Waals surface area contributed by atoms with Crippen LogP contribution in [-0.2, 0) is 16.1 Å². The van der Waals surface area contributed by atoms with Gasteiger partial charge in [0, 0.05) is 31.5 Å². The summed E-state index contributed by atoms with van der Waals surface area (Å²) >= 11 is 0. The number of anilines is 2. The molecule has 184 valence electrons. The Kier molecular flexibility index (Phi) is 7.04. The lowest BCUT2D eigenvalue weighted by atomic mass is 10.2. The Morgan fingerprint density at radius 1 is 1.09 bits per heavy atom. The Morgan fingerprint density at radius 3 is 2.49 bits per heavy atom. The molecule has 1 aromatic heterocycles. The van der Waals surface area contributed by atoms with Crippen molar-refractivity contribution in [3.8, 4) is 11.5 Å². The average Bonchev–Trinajstić information content (AvgIpc) is 2.87. The number of piperazine rings is 1. The molecule has 2 heterocycles. The van der Waals surface area contributed by atoms with E-state index >= 15 is 0 Å². The average molecular weight is 481 g/mol. The van der Waals surface area contributed by atoms with Crippen LogP contribution in [0.3, 0.4) is 0 Å². The van der Waals surface area contributed by atoms with Gasteiger partial charge in [-0.3, -0.25) is 10.1 Å². The van der Waals surface area contributed by atoms with Crippen molar-refractivity contribution in [3.05, 3.63) is 48.0 Å². The minimum absolute atomic E-state index is 0.0927. The Labute approximate surface area is 202 Å². The van der Waals surface area contributed by atoms with Crippen LogP contribution in [0.1, 0.15) is 12.5 Å². The molecule has 2 aromatic carbocycles. The van der Waals surface area contributed by atoms with E-state index in [-0.39, 0.29) is 24.9 Å². The van der Waals surface area contributed by atoms with E-state index < -0.39 is 12.3 Å². The maximum Gasteiger partial charge on any atom is 0.409 e. The fourth-order valence-corrected chi connectivity index (χ4v) is 3.93. The summed E-state index contributed by atoms with van der Waals surface area (Å²) in [6.07, 6.45) is -1.23. The quantitative estimate of drug-likeness (QED) is 0.544. The van der Waals surface area contributed by atoms with Crippen molar-refractivity contribution >= 4 is 34.7 Å². The summed E-state index contributed by atoms with van der Waals surface area (Å²) in [6, 6.07) is 12.8. The van der Waals surface area contributed by atoms with E-state index in [2.05, 4.69) is 15.3 Å². The number of alkyl carbamates (subject to hydrolysis) is 1. The van der Waals surface area contributed by atoms with Crippen LogP contribution < -0.4 is 25.4 Å². The number of aromatic nitrogens is 2. The number of nitrogens with two attached hydrogens (primary N) is 1. The Hall–Kier alpha value is -4.28. The first-order valence-electron chi connectivity index (χ1n) is 11.1. The smallest absolute Gasteiger partial charge is 0.409 e. The predicted molar refractivity (Wildman–Crippen MR) is 130 cm³/mol. The molecule has 1 aliphatic rings. The van der Waals surface area contributed by atoms with Crippen molar-refractivity contribution in [2.45, 2.75) is 19.7 Å². The van der Waals surface area contributed by atoms with E-state index in [1.807, 2.05) is 30.3 Å². The van der Waals surface area contributed by atoms with E-state index in [0.29, 0.717) is 41.4 Å². The Balaban J connectivity index is 1.60. The van der Waals surface area contributed by atoms with Gasteiger partial charge in [0.15, 0.2) is 11.5 Å². The van der Waals surface area contributed by atoms with Gasteiger partial charge in [-0.2, -0.15) is 4.98 Å². The van der Waals surface area contributed by atoms with Crippen molar-refractivity contribution in [2.75, 3.05) is 44.5 Å². The van der Waals surface area contributed by atoms with E-state index in [4.69, 9.17) is 19.9 Å². The van der Waals surface area contributed by atoms with Gasteiger partial charge in [-0.25, -0.2) is 9.78 Å². The third-order valence-electron chi connectivity index (χ3n) is 5.80. The number of hydrogen-bond acceptors (Lipinski definition) is 9. The highest BCUT2D eigenvalue weighted by molar-refractivity contribution is 5.91. The highest BCUT2D eigenvalue weighted by Crippen LogP contribution is 2.34. The third kappa shape index (κ3) is 5.29. The lowest BCUT2D eigenvalue weighted by Crippen LogP contribution is -2.61. The molecule has 35 heavy (non-hydrogen) atoms. The number of carbonyl (C=O) groups is 2. The van der Waals surface area contributed by atoms with Crippen molar-refractivity contribution in [1.29, 1.82) is 0 Å². The molecule has 1 atom stereocenters. The molecule has 3 N–H and O–H groups in total. The molecule has 1 fully saturated rings. The van der Waals surface area contributed by atoms with Gasteiger partial charge in [-0.15, -0.1) is 0 Å². The van der Waals surface area contributed by atoms with Gasteiger partial charge in [-0.1, -0.05) is 30.3 Å². The Morgan fingerprint density at radius 2 is 1.80 bits per heavy atom. The van der Waals surface area contributed by atoms with Gasteiger partial charge >= 0.3 is 6.09 Å². The summed E-state index contributed by atoms with van der Waals surface area (Å²) in [7, 11) is 3.08. The van der Waals surface area contributed by atoms with Gasteiger partial charge in [0.2, 0.25) is 11.9 Å². The second-order valence-electron chi connectivity index (χ2n) is 8.01. The molecular formula is C24H28N6O5. The second-order valence-corrected chi connectivity index (χ2v) is 8.01. The molecule has 3 aromatic rings. The number of rotatable bonds is 6. The zero-order valence-corrected chi connectivity index (χ0v) is 19.9. The zero-order valence-electron chi connectivity index (χ0n) is 19.9. The summed E-state index contributed by atoms with van der Waals surface area (Å²) in [6.45, 7) is 2.69. The Bertz CT molecular complexity index is 1220. The maximum atomic E-state index is 12.6. The van der Waals surface area contributed by atoms with Gasteiger partial charge in [0.1, 0.15) is 18.6 Å². The molecule has 0 radical (unpaired) electrons. The summed E-state index contributed by atoms with van der Waals surface area (Å²) in [5.41, 5.74) is 7.69. The van der Waals surface area contributed by atoms with Crippen molar-refractivity contribution in [1.82, 2.24) is 20.2 Å². The maximum absolute atomic E-state index is 12.6. The van der Waals surface area contributed by atoms with Crippen molar-refractivity contribution in [2.24, 2.45) is 0 Å². The van der Waals surface area contributed by atoms with E-state index in [0.717, 1.165) is 5.56 Å². The predicted octanol–water partition coefficient (Wildman–Crippen LogP) is 2.15. The fourth-order valence-electron chi connectivity index (χ4n) is 3.93. The lowest BCUT2D eigenvalue weighted by molar-refractivity contribution is -0.129. The number of nitrogens with one attached hydrogen (secondary N) is 1. The zero-order chi connectivity index (χ0) is 24.9. The van der Waals surface area contributed by atoms with Crippen LogP contribution in [0.15, 0.2) is 42.5 Å². The van der Waals surface area contributed by atoms with E-state index in [1.54, 1.807) is 21.9 Å². The number of fused-ring (bicyclic) bond motifs is 1. The van der Waals surface area contributed by atoms with Gasteiger partial charge < -0.3 is 29.7 Å².